The third-order valence-electron chi connectivity index (χ3n) is 2.83. The summed E-state index contributed by atoms with van der Waals surface area (Å²) < 4.78 is 0. The molecule has 0 spiro atoms. The molecule has 0 saturated carbocycles. The average Bonchev–Trinajstić information content (AvgIpc) is 2.21. The summed E-state index contributed by atoms with van der Waals surface area (Å²) in [6, 6.07) is 4.95. The van der Waals surface area contributed by atoms with Gasteiger partial charge in [-0.2, -0.15) is 0 Å². The van der Waals surface area contributed by atoms with Gasteiger partial charge in [0.05, 0.1) is 5.41 Å². The molecule has 3 N–H and O–H groups in total. The average molecular weight is 242 g/mol. The molecule has 0 amide bonds. The number of benzene rings is 1. The van der Waals surface area contributed by atoms with Crippen molar-refractivity contribution in [2.45, 2.75) is 32.1 Å². The van der Waals surface area contributed by atoms with E-state index in [1.807, 2.05) is 6.92 Å². The summed E-state index contributed by atoms with van der Waals surface area (Å²) in [4.78, 5) is 11.4. The molecule has 1 rings (SSSR count). The van der Waals surface area contributed by atoms with Gasteiger partial charge in [-0.1, -0.05) is 24.9 Å². The van der Waals surface area contributed by atoms with Gasteiger partial charge in [-0.3, -0.25) is 4.79 Å². The third kappa shape index (κ3) is 2.30. The highest BCUT2D eigenvalue weighted by molar-refractivity contribution is 6.30. The first-order valence-corrected chi connectivity index (χ1v) is 5.58. The lowest BCUT2D eigenvalue weighted by Gasteiger charge is -2.26. The third-order valence-corrected chi connectivity index (χ3v) is 3.07. The lowest BCUT2D eigenvalue weighted by atomic mass is 9.78. The Hall–Kier alpha value is -1.22. The molecule has 0 aliphatic carbocycles. The number of hydrogen-bond donors (Lipinski definition) is 2. The summed E-state index contributed by atoms with van der Waals surface area (Å²) in [5.74, 6) is -0.872. The van der Waals surface area contributed by atoms with Gasteiger partial charge < -0.3 is 10.8 Å². The second kappa shape index (κ2) is 4.74. The molecule has 0 aliphatic heterocycles. The van der Waals surface area contributed by atoms with Crippen LogP contribution in [0.4, 0.5) is 5.69 Å². The van der Waals surface area contributed by atoms with Gasteiger partial charge in [0.15, 0.2) is 0 Å². The van der Waals surface area contributed by atoms with Crippen LogP contribution in [0.15, 0.2) is 18.2 Å². The Morgan fingerprint density at radius 2 is 2.19 bits per heavy atom. The minimum absolute atomic E-state index is 0.475. The summed E-state index contributed by atoms with van der Waals surface area (Å²) >= 11 is 5.88. The number of halogens is 1. The van der Waals surface area contributed by atoms with Crippen molar-refractivity contribution in [2.75, 3.05) is 5.73 Å². The molecule has 0 aromatic heterocycles. The molecule has 0 fully saturated rings. The molecule has 0 aliphatic rings. The molecule has 0 saturated heterocycles. The number of carboxylic acids is 1. The van der Waals surface area contributed by atoms with Gasteiger partial charge in [-0.15, -0.1) is 0 Å². The van der Waals surface area contributed by atoms with Crippen LogP contribution >= 0.6 is 11.6 Å². The van der Waals surface area contributed by atoms with Crippen LogP contribution in [0.25, 0.3) is 0 Å². The Labute approximate surface area is 100 Å². The highest BCUT2D eigenvalue weighted by Gasteiger charge is 2.35. The lowest BCUT2D eigenvalue weighted by molar-refractivity contribution is -0.143. The van der Waals surface area contributed by atoms with E-state index < -0.39 is 11.4 Å². The van der Waals surface area contributed by atoms with Crippen molar-refractivity contribution in [2.24, 2.45) is 0 Å². The molecule has 1 atom stereocenters. The Morgan fingerprint density at radius 3 is 2.69 bits per heavy atom. The highest BCUT2D eigenvalue weighted by atomic mass is 35.5. The molecule has 3 nitrogen and oxygen atoms in total. The normalized spacial score (nSPS) is 14.4. The second-order valence-electron chi connectivity index (χ2n) is 4.12. The van der Waals surface area contributed by atoms with Crippen molar-refractivity contribution in [3.05, 3.63) is 28.8 Å². The minimum atomic E-state index is -0.969. The number of nitrogens with two attached hydrogens (primary N) is 1. The van der Waals surface area contributed by atoms with Crippen LogP contribution in [0.5, 0.6) is 0 Å². The van der Waals surface area contributed by atoms with Crippen molar-refractivity contribution in [3.8, 4) is 0 Å². The first-order chi connectivity index (χ1) is 7.41. The van der Waals surface area contributed by atoms with E-state index in [2.05, 4.69) is 0 Å². The summed E-state index contributed by atoms with van der Waals surface area (Å²) in [6.07, 6.45) is 1.31. The Balaban J connectivity index is 3.31. The zero-order chi connectivity index (χ0) is 12.3. The molecule has 16 heavy (non-hydrogen) atoms. The van der Waals surface area contributed by atoms with Gasteiger partial charge in [0, 0.05) is 10.7 Å². The molecule has 0 bridgehead atoms. The molecule has 88 valence electrons. The first kappa shape index (κ1) is 12.8. The van der Waals surface area contributed by atoms with Crippen molar-refractivity contribution in [3.63, 3.8) is 0 Å². The molecule has 1 aromatic rings. The van der Waals surface area contributed by atoms with E-state index in [-0.39, 0.29) is 0 Å². The van der Waals surface area contributed by atoms with Crippen LogP contribution in [0.1, 0.15) is 32.3 Å². The van der Waals surface area contributed by atoms with E-state index in [9.17, 15) is 9.90 Å². The van der Waals surface area contributed by atoms with Gasteiger partial charge in [-0.25, -0.2) is 0 Å². The van der Waals surface area contributed by atoms with E-state index in [1.165, 1.54) is 0 Å². The van der Waals surface area contributed by atoms with E-state index in [4.69, 9.17) is 17.3 Å². The maximum absolute atomic E-state index is 11.4. The van der Waals surface area contributed by atoms with Crippen molar-refractivity contribution < 1.29 is 9.90 Å². The van der Waals surface area contributed by atoms with Gasteiger partial charge in [-0.05, 0) is 37.1 Å². The monoisotopic (exact) mass is 241 g/mol. The number of aliphatic carboxylic acids is 1. The van der Waals surface area contributed by atoms with Crippen LogP contribution in [-0.4, -0.2) is 11.1 Å². The first-order valence-electron chi connectivity index (χ1n) is 5.20. The Morgan fingerprint density at radius 1 is 1.56 bits per heavy atom. The fraction of sp³-hybridized carbons (Fsp3) is 0.417. The maximum Gasteiger partial charge on any atom is 0.313 e. The highest BCUT2D eigenvalue weighted by Crippen LogP contribution is 2.35. The summed E-state index contributed by atoms with van der Waals surface area (Å²) in [5, 5.41) is 9.84. The SMILES string of the molecule is CCCC(C)(C(=O)O)c1cc(Cl)ccc1N. The standard InChI is InChI=1S/C12H16ClNO2/c1-3-6-12(2,11(15)16)9-7-8(13)4-5-10(9)14/h4-5,7H,3,6,14H2,1-2H3,(H,15,16). The van der Waals surface area contributed by atoms with Crippen molar-refractivity contribution in [1.29, 1.82) is 0 Å². The van der Waals surface area contributed by atoms with Crippen LogP contribution in [0.2, 0.25) is 5.02 Å². The van der Waals surface area contributed by atoms with Gasteiger partial charge in [0.1, 0.15) is 0 Å². The number of carboxylic acid groups (broad SMARTS) is 1. The zero-order valence-corrected chi connectivity index (χ0v) is 10.2. The molecule has 1 aromatic carbocycles. The molecule has 0 heterocycles. The molecular weight excluding hydrogens is 226 g/mol. The molecule has 4 heteroatoms. The largest absolute Gasteiger partial charge is 0.481 e. The maximum atomic E-state index is 11.4. The van der Waals surface area contributed by atoms with Gasteiger partial charge >= 0.3 is 5.97 Å². The van der Waals surface area contributed by atoms with E-state index in [0.717, 1.165) is 6.42 Å². The zero-order valence-electron chi connectivity index (χ0n) is 9.46. The molecular formula is C12H16ClNO2. The number of nitrogen functional groups attached to an aromatic ring is 1. The van der Waals surface area contributed by atoms with Crippen molar-refractivity contribution in [1.82, 2.24) is 0 Å². The molecule has 1 unspecified atom stereocenters. The predicted molar refractivity (Wildman–Crippen MR) is 65.8 cm³/mol. The van der Waals surface area contributed by atoms with Gasteiger partial charge in [0.2, 0.25) is 0 Å². The lowest BCUT2D eigenvalue weighted by Crippen LogP contribution is -2.33. The van der Waals surface area contributed by atoms with Crippen LogP contribution in [-0.2, 0) is 10.2 Å². The quantitative estimate of drug-likeness (QED) is 0.797. The number of rotatable bonds is 4. The van der Waals surface area contributed by atoms with E-state index in [0.29, 0.717) is 22.7 Å². The fourth-order valence-electron chi connectivity index (χ4n) is 1.86. The second-order valence-corrected chi connectivity index (χ2v) is 4.56. The van der Waals surface area contributed by atoms with E-state index >= 15 is 0 Å². The Bertz CT molecular complexity index is 406. The smallest absolute Gasteiger partial charge is 0.313 e. The number of hydrogen-bond acceptors (Lipinski definition) is 2. The summed E-state index contributed by atoms with van der Waals surface area (Å²) in [5.41, 5.74) is 5.92. The number of anilines is 1. The van der Waals surface area contributed by atoms with Crippen LogP contribution < -0.4 is 5.73 Å². The van der Waals surface area contributed by atoms with Gasteiger partial charge in [0.25, 0.3) is 0 Å². The minimum Gasteiger partial charge on any atom is -0.481 e. The topological polar surface area (TPSA) is 63.3 Å². The summed E-state index contributed by atoms with van der Waals surface area (Å²) in [6.45, 7) is 3.63. The Kier molecular flexibility index (Phi) is 3.81. The van der Waals surface area contributed by atoms with E-state index in [1.54, 1.807) is 25.1 Å². The van der Waals surface area contributed by atoms with Crippen LogP contribution in [0.3, 0.4) is 0 Å². The number of carbonyl (C=O) groups is 1. The predicted octanol–water partition coefficient (Wildman–Crippen LogP) is 3.06. The fourth-order valence-corrected chi connectivity index (χ4v) is 2.04. The summed E-state index contributed by atoms with van der Waals surface area (Å²) in [7, 11) is 0. The van der Waals surface area contributed by atoms with Crippen LogP contribution in [0, 0.1) is 0 Å². The van der Waals surface area contributed by atoms with Crippen molar-refractivity contribution >= 4 is 23.3 Å². The molecule has 0 radical (unpaired) electrons.